The number of halogens is 3. The Bertz CT molecular complexity index is 810. The zero-order valence-electron chi connectivity index (χ0n) is 14.6. The molecule has 1 amide bonds. The molecule has 6 heteroatoms. The number of hydrogen-bond donors (Lipinski definition) is 1. The second-order valence-electron chi connectivity index (χ2n) is 6.77. The molecule has 3 nitrogen and oxygen atoms in total. The van der Waals surface area contributed by atoms with Crippen molar-refractivity contribution in [2.24, 2.45) is 5.92 Å². The van der Waals surface area contributed by atoms with Crippen LogP contribution < -0.4 is 10.2 Å². The normalized spacial score (nSPS) is 17.7. The van der Waals surface area contributed by atoms with E-state index in [1.807, 2.05) is 4.90 Å². The van der Waals surface area contributed by atoms with Gasteiger partial charge in [-0.15, -0.1) is 0 Å². The molecule has 1 saturated heterocycles. The summed E-state index contributed by atoms with van der Waals surface area (Å²) < 4.78 is 40.6. The second kappa shape index (κ2) is 7.81. The van der Waals surface area contributed by atoms with E-state index in [0.717, 1.165) is 44.5 Å². The molecular weight excluding hydrogens is 341 g/mol. The van der Waals surface area contributed by atoms with Crippen molar-refractivity contribution < 1.29 is 18.0 Å². The number of carbonyl (C=O) groups is 1. The van der Waals surface area contributed by atoms with Crippen LogP contribution in [-0.4, -0.2) is 19.0 Å². The molecule has 1 atom stereocenters. The SMILES string of the molecule is CC1CCCN(c2cc(C(=O)Nc3ccc(F)c(F)c3)ccc2F)CC1. The van der Waals surface area contributed by atoms with E-state index in [2.05, 4.69) is 12.2 Å². The molecule has 1 unspecified atom stereocenters. The third-order valence-electron chi connectivity index (χ3n) is 4.74. The van der Waals surface area contributed by atoms with Crippen LogP contribution in [0.4, 0.5) is 24.5 Å². The Morgan fingerprint density at radius 2 is 1.77 bits per heavy atom. The lowest BCUT2D eigenvalue weighted by molar-refractivity contribution is 0.102. The minimum Gasteiger partial charge on any atom is -0.369 e. The summed E-state index contributed by atoms with van der Waals surface area (Å²) in [6, 6.07) is 7.29. The third kappa shape index (κ3) is 4.18. The Balaban J connectivity index is 1.79. The van der Waals surface area contributed by atoms with Crippen molar-refractivity contribution in [3.05, 3.63) is 59.4 Å². The number of nitrogens with one attached hydrogen (secondary N) is 1. The van der Waals surface area contributed by atoms with E-state index in [4.69, 9.17) is 0 Å². The molecule has 2 aromatic rings. The van der Waals surface area contributed by atoms with Gasteiger partial charge in [-0.05, 0) is 55.5 Å². The van der Waals surface area contributed by atoms with E-state index in [1.54, 1.807) is 0 Å². The molecule has 138 valence electrons. The first-order valence-electron chi connectivity index (χ1n) is 8.75. The average Bonchev–Trinajstić information content (AvgIpc) is 2.83. The fraction of sp³-hybridized carbons (Fsp3) is 0.350. The van der Waals surface area contributed by atoms with Gasteiger partial charge in [0.05, 0.1) is 5.69 Å². The monoisotopic (exact) mass is 362 g/mol. The quantitative estimate of drug-likeness (QED) is 0.835. The summed E-state index contributed by atoms with van der Waals surface area (Å²) in [7, 11) is 0. The lowest BCUT2D eigenvalue weighted by Gasteiger charge is -2.24. The molecule has 1 aliphatic heterocycles. The van der Waals surface area contributed by atoms with Gasteiger partial charge in [-0.1, -0.05) is 6.92 Å². The summed E-state index contributed by atoms with van der Waals surface area (Å²) in [5.74, 6) is -2.30. The molecule has 2 aromatic carbocycles. The van der Waals surface area contributed by atoms with Gasteiger partial charge < -0.3 is 10.2 Å². The molecular formula is C20H21F3N2O. The number of nitrogens with zero attached hydrogens (tertiary/aromatic N) is 1. The maximum absolute atomic E-state index is 14.3. The van der Waals surface area contributed by atoms with E-state index >= 15 is 0 Å². The zero-order chi connectivity index (χ0) is 18.7. The Hall–Kier alpha value is -2.50. The molecule has 0 aromatic heterocycles. The molecule has 1 N–H and O–H groups in total. The van der Waals surface area contributed by atoms with E-state index < -0.39 is 17.5 Å². The van der Waals surface area contributed by atoms with Gasteiger partial charge in [0.15, 0.2) is 11.6 Å². The summed E-state index contributed by atoms with van der Waals surface area (Å²) in [6.07, 6.45) is 3.06. The highest BCUT2D eigenvalue weighted by Crippen LogP contribution is 2.26. The van der Waals surface area contributed by atoms with Crippen molar-refractivity contribution >= 4 is 17.3 Å². The van der Waals surface area contributed by atoms with Crippen molar-refractivity contribution in [1.82, 2.24) is 0 Å². The minimum atomic E-state index is -1.04. The molecule has 1 fully saturated rings. The fourth-order valence-corrected chi connectivity index (χ4v) is 3.18. The maximum atomic E-state index is 14.3. The number of rotatable bonds is 3. The Morgan fingerprint density at radius 1 is 1.00 bits per heavy atom. The molecule has 1 heterocycles. The topological polar surface area (TPSA) is 32.3 Å². The van der Waals surface area contributed by atoms with Crippen LogP contribution in [0.5, 0.6) is 0 Å². The van der Waals surface area contributed by atoms with Crippen molar-refractivity contribution in [1.29, 1.82) is 0 Å². The Kier molecular flexibility index (Phi) is 5.49. The third-order valence-corrected chi connectivity index (χ3v) is 4.74. The number of amides is 1. The fourth-order valence-electron chi connectivity index (χ4n) is 3.18. The van der Waals surface area contributed by atoms with Crippen LogP contribution in [0.25, 0.3) is 0 Å². The average molecular weight is 362 g/mol. The van der Waals surface area contributed by atoms with Gasteiger partial charge in [0.25, 0.3) is 5.91 Å². The molecule has 0 bridgehead atoms. The highest BCUT2D eigenvalue weighted by Gasteiger charge is 2.19. The number of hydrogen-bond acceptors (Lipinski definition) is 2. The minimum absolute atomic E-state index is 0.142. The first-order chi connectivity index (χ1) is 12.4. The summed E-state index contributed by atoms with van der Waals surface area (Å²) in [5.41, 5.74) is 0.809. The van der Waals surface area contributed by atoms with Crippen LogP contribution in [0.1, 0.15) is 36.5 Å². The highest BCUT2D eigenvalue weighted by atomic mass is 19.2. The second-order valence-corrected chi connectivity index (χ2v) is 6.77. The number of carbonyl (C=O) groups excluding carboxylic acids is 1. The Morgan fingerprint density at radius 3 is 2.54 bits per heavy atom. The largest absolute Gasteiger partial charge is 0.369 e. The van der Waals surface area contributed by atoms with Gasteiger partial charge in [0.1, 0.15) is 5.82 Å². The standard InChI is InChI=1S/C20H21F3N2O/c1-13-3-2-9-25(10-8-13)19-11-14(4-6-17(19)22)20(26)24-15-5-7-16(21)18(23)12-15/h4-7,11-13H,2-3,8-10H2,1H3,(H,24,26). The van der Waals surface area contributed by atoms with E-state index in [-0.39, 0.29) is 17.1 Å². The van der Waals surface area contributed by atoms with Gasteiger partial charge in [-0.2, -0.15) is 0 Å². The van der Waals surface area contributed by atoms with Crippen LogP contribution in [0.15, 0.2) is 36.4 Å². The predicted molar refractivity (Wildman–Crippen MR) is 95.9 cm³/mol. The van der Waals surface area contributed by atoms with Crippen molar-refractivity contribution in [3.8, 4) is 0 Å². The Labute approximate surface area is 150 Å². The van der Waals surface area contributed by atoms with E-state index in [1.165, 1.54) is 24.3 Å². The van der Waals surface area contributed by atoms with Crippen LogP contribution in [0, 0.1) is 23.4 Å². The van der Waals surface area contributed by atoms with Crippen LogP contribution in [-0.2, 0) is 0 Å². The smallest absolute Gasteiger partial charge is 0.255 e. The van der Waals surface area contributed by atoms with Gasteiger partial charge in [0, 0.05) is 30.4 Å². The molecule has 0 saturated carbocycles. The maximum Gasteiger partial charge on any atom is 0.255 e. The van der Waals surface area contributed by atoms with Crippen molar-refractivity contribution in [3.63, 3.8) is 0 Å². The van der Waals surface area contributed by atoms with Crippen molar-refractivity contribution in [2.75, 3.05) is 23.3 Å². The highest BCUT2D eigenvalue weighted by molar-refractivity contribution is 6.04. The van der Waals surface area contributed by atoms with Gasteiger partial charge in [0.2, 0.25) is 0 Å². The van der Waals surface area contributed by atoms with Crippen molar-refractivity contribution in [2.45, 2.75) is 26.2 Å². The van der Waals surface area contributed by atoms with Gasteiger partial charge in [-0.25, -0.2) is 13.2 Å². The summed E-state index contributed by atoms with van der Waals surface area (Å²) >= 11 is 0. The molecule has 0 radical (unpaired) electrons. The summed E-state index contributed by atoms with van der Waals surface area (Å²) in [6.45, 7) is 3.67. The molecule has 1 aliphatic rings. The zero-order valence-corrected chi connectivity index (χ0v) is 14.6. The van der Waals surface area contributed by atoms with Gasteiger partial charge >= 0.3 is 0 Å². The molecule has 3 rings (SSSR count). The first kappa shape index (κ1) is 18.3. The van der Waals surface area contributed by atoms with E-state index in [9.17, 15) is 18.0 Å². The molecule has 0 spiro atoms. The van der Waals surface area contributed by atoms with Crippen LogP contribution >= 0.6 is 0 Å². The lowest BCUT2D eigenvalue weighted by atomic mass is 10.0. The number of anilines is 2. The molecule has 0 aliphatic carbocycles. The first-order valence-corrected chi connectivity index (χ1v) is 8.75. The van der Waals surface area contributed by atoms with Crippen LogP contribution in [0.2, 0.25) is 0 Å². The summed E-state index contributed by atoms with van der Waals surface area (Å²) in [4.78, 5) is 14.4. The van der Waals surface area contributed by atoms with Gasteiger partial charge in [-0.3, -0.25) is 4.79 Å². The molecule has 26 heavy (non-hydrogen) atoms. The summed E-state index contributed by atoms with van der Waals surface area (Å²) in [5, 5.41) is 2.51. The van der Waals surface area contributed by atoms with Crippen LogP contribution in [0.3, 0.4) is 0 Å². The number of benzene rings is 2. The predicted octanol–water partition coefficient (Wildman–Crippen LogP) is 4.98. The lowest BCUT2D eigenvalue weighted by Crippen LogP contribution is -2.25. The van der Waals surface area contributed by atoms with E-state index in [0.29, 0.717) is 11.6 Å².